The van der Waals surface area contributed by atoms with Gasteiger partial charge >= 0.3 is 0 Å². The number of hydrogen-bond acceptors (Lipinski definition) is 7. The molecular formula is C24H25NO7. The fourth-order valence-electron chi connectivity index (χ4n) is 4.07. The highest BCUT2D eigenvalue weighted by Crippen LogP contribution is 2.43. The zero-order valence-electron chi connectivity index (χ0n) is 18.2. The lowest BCUT2D eigenvalue weighted by atomic mass is 9.94. The summed E-state index contributed by atoms with van der Waals surface area (Å²) in [5.74, 6) is 0.380. The van der Waals surface area contributed by atoms with E-state index in [-0.39, 0.29) is 11.3 Å². The van der Waals surface area contributed by atoms with E-state index in [1.807, 2.05) is 6.92 Å². The van der Waals surface area contributed by atoms with Crippen molar-refractivity contribution in [3.8, 4) is 23.0 Å². The van der Waals surface area contributed by atoms with Crippen LogP contribution in [0.3, 0.4) is 0 Å². The van der Waals surface area contributed by atoms with Crippen molar-refractivity contribution in [2.45, 2.75) is 19.4 Å². The first-order valence-corrected chi connectivity index (χ1v) is 10.4. The molecule has 4 rings (SSSR count). The van der Waals surface area contributed by atoms with Crippen LogP contribution >= 0.6 is 0 Å². The molecule has 0 saturated carbocycles. The van der Waals surface area contributed by atoms with Gasteiger partial charge in [0, 0.05) is 12.1 Å². The predicted molar refractivity (Wildman–Crippen MR) is 116 cm³/mol. The van der Waals surface area contributed by atoms with Gasteiger partial charge in [0.15, 0.2) is 23.0 Å². The summed E-state index contributed by atoms with van der Waals surface area (Å²) < 4.78 is 21.8. The van der Waals surface area contributed by atoms with Crippen LogP contribution < -0.4 is 18.9 Å². The number of nitrogens with zero attached hydrogens (tertiary/aromatic N) is 1. The van der Waals surface area contributed by atoms with Crippen molar-refractivity contribution in [1.82, 2.24) is 4.90 Å². The maximum atomic E-state index is 13.0. The van der Waals surface area contributed by atoms with E-state index in [1.54, 1.807) is 36.4 Å². The standard InChI is InChI=1S/C24H25NO7/c1-4-9-25-21(14-5-8-17-19(12-14)32-11-10-31-17)20(23(27)24(25)28)22(26)15-6-7-16(29-2)18(13-15)30-3/h5-8,12-13,21,26H,4,9-11H2,1-3H3/b22-20+. The minimum atomic E-state index is -0.751. The second-order valence-electron chi connectivity index (χ2n) is 7.47. The SMILES string of the molecule is CCCN1C(=O)C(=O)/C(=C(/O)c2ccc(OC)c(OC)c2)C1c1ccc2c(c1)OCCO2. The van der Waals surface area contributed by atoms with Crippen LogP contribution in [0.25, 0.3) is 5.76 Å². The van der Waals surface area contributed by atoms with E-state index < -0.39 is 17.7 Å². The van der Waals surface area contributed by atoms with Crippen molar-refractivity contribution in [2.75, 3.05) is 34.0 Å². The molecule has 2 aromatic carbocycles. The number of fused-ring (bicyclic) bond motifs is 1. The van der Waals surface area contributed by atoms with Crippen molar-refractivity contribution in [2.24, 2.45) is 0 Å². The Morgan fingerprint density at radius 2 is 1.75 bits per heavy atom. The Hall–Kier alpha value is -3.68. The summed E-state index contributed by atoms with van der Waals surface area (Å²) in [6.07, 6.45) is 0.657. The number of carbonyl (C=O) groups is 2. The highest BCUT2D eigenvalue weighted by atomic mass is 16.6. The number of methoxy groups -OCH3 is 2. The topological polar surface area (TPSA) is 94.5 Å². The largest absolute Gasteiger partial charge is 0.507 e. The van der Waals surface area contributed by atoms with Gasteiger partial charge in [0.2, 0.25) is 0 Å². The number of carbonyl (C=O) groups excluding carboxylic acids is 2. The highest BCUT2D eigenvalue weighted by Gasteiger charge is 2.46. The number of hydrogen-bond donors (Lipinski definition) is 1. The molecule has 168 valence electrons. The minimum absolute atomic E-state index is 0.0207. The van der Waals surface area contributed by atoms with Gasteiger partial charge < -0.3 is 29.0 Å². The Labute approximate surface area is 185 Å². The molecule has 1 amide bonds. The average Bonchev–Trinajstić information content (AvgIpc) is 3.08. The molecule has 1 N–H and O–H groups in total. The second-order valence-corrected chi connectivity index (χ2v) is 7.47. The smallest absolute Gasteiger partial charge is 0.295 e. The summed E-state index contributed by atoms with van der Waals surface area (Å²) in [5.41, 5.74) is 1.02. The van der Waals surface area contributed by atoms with E-state index in [9.17, 15) is 14.7 Å². The lowest BCUT2D eigenvalue weighted by Crippen LogP contribution is -2.30. The average molecular weight is 439 g/mol. The van der Waals surface area contributed by atoms with Crippen molar-refractivity contribution < 1.29 is 33.6 Å². The van der Waals surface area contributed by atoms with Gasteiger partial charge in [-0.1, -0.05) is 13.0 Å². The predicted octanol–water partition coefficient (Wildman–Crippen LogP) is 3.31. The number of amides is 1. The summed E-state index contributed by atoms with van der Waals surface area (Å²) >= 11 is 0. The van der Waals surface area contributed by atoms with Gasteiger partial charge in [0.05, 0.1) is 25.8 Å². The second kappa shape index (κ2) is 8.82. The molecule has 8 nitrogen and oxygen atoms in total. The first-order valence-electron chi connectivity index (χ1n) is 10.4. The zero-order chi connectivity index (χ0) is 22.8. The molecule has 1 saturated heterocycles. The van der Waals surface area contributed by atoms with Gasteiger partial charge in [-0.2, -0.15) is 0 Å². The molecule has 1 unspecified atom stereocenters. The third kappa shape index (κ3) is 3.62. The number of rotatable bonds is 6. The molecule has 0 aliphatic carbocycles. The Morgan fingerprint density at radius 3 is 2.44 bits per heavy atom. The normalized spacial score (nSPS) is 19.2. The summed E-state index contributed by atoms with van der Waals surface area (Å²) in [5, 5.41) is 11.2. The Kier molecular flexibility index (Phi) is 5.94. The molecule has 0 radical (unpaired) electrons. The summed E-state index contributed by atoms with van der Waals surface area (Å²) in [6, 6.07) is 9.37. The monoisotopic (exact) mass is 439 g/mol. The van der Waals surface area contributed by atoms with Gasteiger partial charge in [-0.3, -0.25) is 9.59 Å². The molecule has 32 heavy (non-hydrogen) atoms. The van der Waals surface area contributed by atoms with Gasteiger partial charge in [0.1, 0.15) is 19.0 Å². The van der Waals surface area contributed by atoms with Crippen LogP contribution in [0, 0.1) is 0 Å². The van der Waals surface area contributed by atoms with Crippen LogP contribution in [0.2, 0.25) is 0 Å². The maximum absolute atomic E-state index is 13.0. The first-order chi connectivity index (χ1) is 15.5. The molecular weight excluding hydrogens is 414 g/mol. The highest BCUT2D eigenvalue weighted by molar-refractivity contribution is 6.46. The molecule has 2 heterocycles. The number of Topliss-reactive ketones (excluding diaryl/α,β-unsaturated/α-hetero) is 1. The lowest BCUT2D eigenvalue weighted by molar-refractivity contribution is -0.139. The van der Waals surface area contributed by atoms with Gasteiger partial charge in [-0.25, -0.2) is 0 Å². The number of ether oxygens (including phenoxy) is 4. The van der Waals surface area contributed by atoms with Crippen LogP contribution in [0.1, 0.15) is 30.5 Å². The number of aliphatic hydroxyl groups is 1. The molecule has 2 aliphatic heterocycles. The van der Waals surface area contributed by atoms with Gasteiger partial charge in [-0.15, -0.1) is 0 Å². The Balaban J connectivity index is 1.86. The van der Waals surface area contributed by atoms with E-state index in [2.05, 4.69) is 0 Å². The van der Waals surface area contributed by atoms with Crippen molar-refractivity contribution in [3.63, 3.8) is 0 Å². The van der Waals surface area contributed by atoms with E-state index in [0.29, 0.717) is 60.3 Å². The molecule has 1 atom stereocenters. The fourth-order valence-corrected chi connectivity index (χ4v) is 4.07. The van der Waals surface area contributed by atoms with E-state index >= 15 is 0 Å². The molecule has 0 spiro atoms. The van der Waals surface area contributed by atoms with Gasteiger partial charge in [0.25, 0.3) is 11.7 Å². The molecule has 2 aliphatic rings. The minimum Gasteiger partial charge on any atom is -0.507 e. The molecule has 2 aromatic rings. The van der Waals surface area contributed by atoms with E-state index in [0.717, 1.165) is 0 Å². The number of aliphatic hydroxyl groups excluding tert-OH is 1. The zero-order valence-corrected chi connectivity index (χ0v) is 18.2. The first kappa shape index (κ1) is 21.5. The van der Waals surface area contributed by atoms with Crippen LogP contribution in [-0.2, 0) is 9.59 Å². The van der Waals surface area contributed by atoms with Crippen LogP contribution in [-0.4, -0.2) is 55.7 Å². The molecule has 8 heteroatoms. The van der Waals surface area contributed by atoms with Crippen molar-refractivity contribution in [1.29, 1.82) is 0 Å². The summed E-state index contributed by atoms with van der Waals surface area (Å²) in [6.45, 7) is 3.16. The van der Waals surface area contributed by atoms with E-state index in [1.165, 1.54) is 19.1 Å². The summed E-state index contributed by atoms with van der Waals surface area (Å²) in [4.78, 5) is 27.4. The number of likely N-dealkylation sites (tertiary alicyclic amines) is 1. The van der Waals surface area contributed by atoms with Crippen LogP contribution in [0.15, 0.2) is 42.0 Å². The molecule has 1 fully saturated rings. The quantitative estimate of drug-likeness (QED) is 0.419. The van der Waals surface area contributed by atoms with Gasteiger partial charge in [-0.05, 0) is 42.3 Å². The van der Waals surface area contributed by atoms with Crippen LogP contribution in [0.4, 0.5) is 0 Å². The third-order valence-electron chi connectivity index (χ3n) is 5.54. The molecule has 0 bridgehead atoms. The lowest BCUT2D eigenvalue weighted by Gasteiger charge is -2.26. The van der Waals surface area contributed by atoms with Crippen molar-refractivity contribution >= 4 is 17.4 Å². The maximum Gasteiger partial charge on any atom is 0.295 e. The summed E-state index contributed by atoms with van der Waals surface area (Å²) in [7, 11) is 2.99. The Morgan fingerprint density at radius 1 is 1.03 bits per heavy atom. The molecule has 0 aromatic heterocycles. The third-order valence-corrected chi connectivity index (χ3v) is 5.54. The van der Waals surface area contributed by atoms with Crippen LogP contribution in [0.5, 0.6) is 23.0 Å². The Bertz CT molecular complexity index is 1090. The van der Waals surface area contributed by atoms with E-state index in [4.69, 9.17) is 18.9 Å². The number of benzene rings is 2. The number of ketones is 1. The van der Waals surface area contributed by atoms with Crippen molar-refractivity contribution in [3.05, 3.63) is 53.1 Å². The fraction of sp³-hybridized carbons (Fsp3) is 0.333.